The zero-order valence-corrected chi connectivity index (χ0v) is 15.6. The molecule has 0 bridgehead atoms. The van der Waals surface area contributed by atoms with Gasteiger partial charge in [0.25, 0.3) is 0 Å². The van der Waals surface area contributed by atoms with Crippen LogP contribution in [0.2, 0.25) is 0 Å². The number of benzene rings is 1. The molecular formula is C17H25BrN2O3. The maximum atomic E-state index is 12.4. The van der Waals surface area contributed by atoms with E-state index in [1.54, 1.807) is 11.0 Å². The lowest BCUT2D eigenvalue weighted by Gasteiger charge is -2.36. The lowest BCUT2D eigenvalue weighted by atomic mass is 10.0. The Balaban J connectivity index is 1.99. The number of nitrogens with two attached hydrogens (primary N) is 1. The van der Waals surface area contributed by atoms with Gasteiger partial charge in [-0.2, -0.15) is 0 Å². The number of halogens is 1. The number of nitrogen functional groups attached to an aromatic ring is 1. The molecule has 1 aliphatic heterocycles. The Morgan fingerprint density at radius 1 is 1.39 bits per heavy atom. The van der Waals surface area contributed by atoms with Crippen molar-refractivity contribution in [3.05, 3.63) is 22.7 Å². The Morgan fingerprint density at radius 2 is 2.13 bits per heavy atom. The van der Waals surface area contributed by atoms with Gasteiger partial charge in [-0.15, -0.1) is 0 Å². The molecule has 1 atom stereocenters. The number of amides is 1. The first-order valence-electron chi connectivity index (χ1n) is 7.94. The quantitative estimate of drug-likeness (QED) is 0.792. The molecule has 2 rings (SSSR count). The molecular weight excluding hydrogens is 360 g/mol. The van der Waals surface area contributed by atoms with Crippen LogP contribution in [0.1, 0.15) is 40.0 Å². The van der Waals surface area contributed by atoms with Crippen LogP contribution in [-0.4, -0.2) is 35.8 Å². The minimum absolute atomic E-state index is 0.0306. The lowest BCUT2D eigenvalue weighted by Crippen LogP contribution is -2.48. The summed E-state index contributed by atoms with van der Waals surface area (Å²) < 4.78 is 12.2. The van der Waals surface area contributed by atoms with Crippen LogP contribution in [-0.2, 0) is 4.74 Å². The van der Waals surface area contributed by atoms with Crippen LogP contribution in [0.5, 0.6) is 5.75 Å². The second-order valence-corrected chi connectivity index (χ2v) is 7.68. The van der Waals surface area contributed by atoms with E-state index in [2.05, 4.69) is 15.9 Å². The summed E-state index contributed by atoms with van der Waals surface area (Å²) in [5.41, 5.74) is 5.92. The number of carbonyl (C=O) groups is 1. The van der Waals surface area contributed by atoms with E-state index in [0.717, 1.165) is 29.5 Å². The van der Waals surface area contributed by atoms with Gasteiger partial charge in [0.05, 0.1) is 10.5 Å². The zero-order chi connectivity index (χ0) is 17.0. The van der Waals surface area contributed by atoms with Crippen LogP contribution >= 0.6 is 15.9 Å². The molecule has 128 valence electrons. The molecule has 0 aromatic heterocycles. The average molecular weight is 385 g/mol. The maximum Gasteiger partial charge on any atom is 0.410 e. The van der Waals surface area contributed by atoms with Crippen molar-refractivity contribution in [2.24, 2.45) is 0 Å². The summed E-state index contributed by atoms with van der Waals surface area (Å²) in [6, 6.07) is 5.47. The van der Waals surface area contributed by atoms with Gasteiger partial charge >= 0.3 is 6.09 Å². The Hall–Kier alpha value is -1.43. The molecule has 1 saturated heterocycles. The summed E-state index contributed by atoms with van der Waals surface area (Å²) in [6.45, 7) is 6.80. The van der Waals surface area contributed by atoms with E-state index in [4.69, 9.17) is 15.2 Å². The van der Waals surface area contributed by atoms with Crippen LogP contribution < -0.4 is 10.5 Å². The standard InChI is InChI=1S/C17H25BrN2O3/c1-17(2,3)23-16(21)20-9-5-4-6-13(20)11-22-15-8-7-12(19)10-14(15)18/h7-8,10,13H,4-6,9,11,19H2,1-3H3/t13-/m1/s1. The van der Waals surface area contributed by atoms with Crippen molar-refractivity contribution in [2.75, 3.05) is 18.9 Å². The molecule has 1 aliphatic rings. The topological polar surface area (TPSA) is 64.8 Å². The predicted molar refractivity (Wildman–Crippen MR) is 94.6 cm³/mol. The highest BCUT2D eigenvalue weighted by Gasteiger charge is 2.30. The fourth-order valence-corrected chi connectivity index (χ4v) is 3.07. The van der Waals surface area contributed by atoms with Gasteiger partial charge in [0.1, 0.15) is 18.0 Å². The van der Waals surface area contributed by atoms with E-state index in [0.29, 0.717) is 18.8 Å². The molecule has 0 radical (unpaired) electrons. The highest BCUT2D eigenvalue weighted by atomic mass is 79.9. The molecule has 0 unspecified atom stereocenters. The number of nitrogens with zero attached hydrogens (tertiary/aromatic N) is 1. The highest BCUT2D eigenvalue weighted by molar-refractivity contribution is 9.10. The van der Waals surface area contributed by atoms with E-state index in [-0.39, 0.29) is 12.1 Å². The van der Waals surface area contributed by atoms with Gasteiger partial charge in [0.15, 0.2) is 0 Å². The molecule has 1 fully saturated rings. The number of piperidine rings is 1. The van der Waals surface area contributed by atoms with E-state index < -0.39 is 5.60 Å². The van der Waals surface area contributed by atoms with Crippen molar-refractivity contribution in [2.45, 2.75) is 51.7 Å². The van der Waals surface area contributed by atoms with Crippen LogP contribution in [0.4, 0.5) is 10.5 Å². The molecule has 2 N–H and O–H groups in total. The third-order valence-electron chi connectivity index (χ3n) is 3.64. The van der Waals surface area contributed by atoms with Gasteiger partial charge in [0, 0.05) is 12.2 Å². The van der Waals surface area contributed by atoms with Gasteiger partial charge < -0.3 is 20.1 Å². The second-order valence-electron chi connectivity index (χ2n) is 6.82. The predicted octanol–water partition coefficient (Wildman–Crippen LogP) is 4.20. The zero-order valence-electron chi connectivity index (χ0n) is 14.0. The molecule has 1 amide bonds. The monoisotopic (exact) mass is 384 g/mol. The minimum atomic E-state index is -0.486. The molecule has 0 spiro atoms. The van der Waals surface area contributed by atoms with Gasteiger partial charge in [-0.1, -0.05) is 0 Å². The third-order valence-corrected chi connectivity index (χ3v) is 4.26. The molecule has 0 saturated carbocycles. The average Bonchev–Trinajstić information content (AvgIpc) is 2.45. The fourth-order valence-electron chi connectivity index (χ4n) is 2.55. The lowest BCUT2D eigenvalue weighted by molar-refractivity contribution is 0.00357. The van der Waals surface area contributed by atoms with Crippen molar-refractivity contribution < 1.29 is 14.3 Å². The minimum Gasteiger partial charge on any atom is -0.490 e. The summed E-state index contributed by atoms with van der Waals surface area (Å²) in [5.74, 6) is 0.730. The van der Waals surface area contributed by atoms with E-state index in [1.807, 2.05) is 32.9 Å². The molecule has 6 heteroatoms. The first-order valence-corrected chi connectivity index (χ1v) is 8.73. The van der Waals surface area contributed by atoms with Crippen LogP contribution in [0.15, 0.2) is 22.7 Å². The summed E-state index contributed by atoms with van der Waals surface area (Å²) >= 11 is 3.45. The Bertz CT molecular complexity index is 557. The number of hydrogen-bond donors (Lipinski definition) is 1. The first-order chi connectivity index (χ1) is 10.8. The Kier molecular flexibility index (Phi) is 5.79. The number of likely N-dealkylation sites (tertiary alicyclic amines) is 1. The highest BCUT2D eigenvalue weighted by Crippen LogP contribution is 2.28. The molecule has 0 aliphatic carbocycles. The van der Waals surface area contributed by atoms with Crippen LogP contribution in [0.3, 0.4) is 0 Å². The number of ether oxygens (including phenoxy) is 2. The summed E-state index contributed by atoms with van der Waals surface area (Å²) in [4.78, 5) is 14.2. The van der Waals surface area contributed by atoms with Crippen molar-refractivity contribution >= 4 is 27.7 Å². The van der Waals surface area contributed by atoms with Gasteiger partial charge in [-0.05, 0) is 74.2 Å². The molecule has 1 aromatic carbocycles. The SMILES string of the molecule is CC(C)(C)OC(=O)N1CCCC[C@@H]1COc1ccc(N)cc1Br. The van der Waals surface area contributed by atoms with Crippen molar-refractivity contribution in [1.29, 1.82) is 0 Å². The van der Waals surface area contributed by atoms with E-state index >= 15 is 0 Å². The van der Waals surface area contributed by atoms with Gasteiger partial charge in [-0.25, -0.2) is 4.79 Å². The second kappa shape index (κ2) is 7.43. The molecule has 5 nitrogen and oxygen atoms in total. The van der Waals surface area contributed by atoms with Crippen LogP contribution in [0, 0.1) is 0 Å². The number of rotatable bonds is 3. The van der Waals surface area contributed by atoms with Crippen LogP contribution in [0.25, 0.3) is 0 Å². The molecule has 1 heterocycles. The molecule has 1 aromatic rings. The maximum absolute atomic E-state index is 12.4. The van der Waals surface area contributed by atoms with Crippen molar-refractivity contribution in [3.63, 3.8) is 0 Å². The first kappa shape index (κ1) is 17.9. The largest absolute Gasteiger partial charge is 0.490 e. The van der Waals surface area contributed by atoms with Gasteiger partial charge in [-0.3, -0.25) is 0 Å². The smallest absolute Gasteiger partial charge is 0.410 e. The normalized spacial score (nSPS) is 18.6. The Labute approximate surface area is 146 Å². The number of carbonyl (C=O) groups excluding carboxylic acids is 1. The fraction of sp³-hybridized carbons (Fsp3) is 0.588. The van der Waals surface area contributed by atoms with E-state index in [1.165, 1.54) is 0 Å². The number of hydrogen-bond acceptors (Lipinski definition) is 4. The number of anilines is 1. The van der Waals surface area contributed by atoms with Crippen molar-refractivity contribution in [3.8, 4) is 5.75 Å². The van der Waals surface area contributed by atoms with E-state index in [9.17, 15) is 4.79 Å². The summed E-state index contributed by atoms with van der Waals surface area (Å²) in [7, 11) is 0. The molecule has 23 heavy (non-hydrogen) atoms. The summed E-state index contributed by atoms with van der Waals surface area (Å²) in [6.07, 6.45) is 2.76. The third kappa shape index (κ3) is 5.30. The van der Waals surface area contributed by atoms with Gasteiger partial charge in [0.2, 0.25) is 0 Å². The summed E-state index contributed by atoms with van der Waals surface area (Å²) in [5, 5.41) is 0. The Morgan fingerprint density at radius 3 is 2.78 bits per heavy atom. The van der Waals surface area contributed by atoms with Crippen molar-refractivity contribution in [1.82, 2.24) is 4.90 Å².